The lowest BCUT2D eigenvalue weighted by Gasteiger charge is -2.37. The molecule has 2 aromatic carbocycles. The van der Waals surface area contributed by atoms with Gasteiger partial charge in [-0.15, -0.1) is 0 Å². The second kappa shape index (κ2) is 6.94. The van der Waals surface area contributed by atoms with E-state index in [1.165, 1.54) is 0 Å². The van der Waals surface area contributed by atoms with Gasteiger partial charge in [0.15, 0.2) is 0 Å². The van der Waals surface area contributed by atoms with Crippen molar-refractivity contribution in [1.82, 2.24) is 0 Å². The van der Waals surface area contributed by atoms with Crippen LogP contribution in [0.4, 0.5) is 0 Å². The molecular weight excluding hydrogens is 320 g/mol. The summed E-state index contributed by atoms with van der Waals surface area (Å²) in [6.45, 7) is 11.3. The summed E-state index contributed by atoms with van der Waals surface area (Å²) in [6, 6.07) is 18.1. The Hall–Kier alpha value is -1.51. The van der Waals surface area contributed by atoms with Gasteiger partial charge < -0.3 is 4.43 Å². The molecule has 122 valence electrons. The molecule has 0 aliphatic rings. The highest BCUT2D eigenvalue weighted by atomic mass is 35.5. The van der Waals surface area contributed by atoms with Crippen molar-refractivity contribution in [2.75, 3.05) is 0 Å². The topological polar surface area (TPSA) is 9.23 Å². The number of benzene rings is 2. The van der Waals surface area contributed by atoms with E-state index in [0.717, 1.165) is 21.9 Å². The predicted molar refractivity (Wildman–Crippen MR) is 104 cm³/mol. The molecule has 1 nitrogen and oxygen atoms in total. The summed E-state index contributed by atoms with van der Waals surface area (Å²) in [5.41, 5.74) is 2.19. The van der Waals surface area contributed by atoms with Gasteiger partial charge >= 0.3 is 0 Å². The minimum Gasteiger partial charge on any atom is -0.543 e. The third kappa shape index (κ3) is 4.73. The summed E-state index contributed by atoms with van der Waals surface area (Å²) in [5.74, 6) is 0.916. The van der Waals surface area contributed by atoms with Gasteiger partial charge in [-0.1, -0.05) is 62.7 Å². The molecule has 23 heavy (non-hydrogen) atoms. The molecule has 0 atom stereocenters. The van der Waals surface area contributed by atoms with Crippen molar-refractivity contribution in [3.63, 3.8) is 0 Å². The predicted octanol–water partition coefficient (Wildman–Crippen LogP) is 6.86. The summed E-state index contributed by atoms with van der Waals surface area (Å²) >= 11 is 6.03. The zero-order valence-corrected chi connectivity index (χ0v) is 16.3. The monoisotopic (exact) mass is 344 g/mol. The number of hydrogen-bond acceptors (Lipinski definition) is 1. The van der Waals surface area contributed by atoms with Gasteiger partial charge in [0.1, 0.15) is 5.76 Å². The zero-order valence-electron chi connectivity index (χ0n) is 14.6. The van der Waals surface area contributed by atoms with Gasteiger partial charge in [0, 0.05) is 10.6 Å². The second-order valence-corrected chi connectivity index (χ2v) is 12.4. The first-order chi connectivity index (χ1) is 10.7. The van der Waals surface area contributed by atoms with Gasteiger partial charge in [-0.3, -0.25) is 0 Å². The molecule has 0 heterocycles. The van der Waals surface area contributed by atoms with E-state index in [1.807, 2.05) is 42.5 Å². The Morgan fingerprint density at radius 2 is 1.52 bits per heavy atom. The van der Waals surface area contributed by atoms with E-state index in [-0.39, 0.29) is 5.04 Å². The van der Waals surface area contributed by atoms with E-state index in [9.17, 15) is 0 Å². The summed E-state index contributed by atoms with van der Waals surface area (Å²) in [5, 5.41) is 0.884. The van der Waals surface area contributed by atoms with Crippen LogP contribution in [0.25, 0.3) is 11.8 Å². The Bertz CT molecular complexity index is 667. The molecule has 3 heteroatoms. The Labute approximate surface area is 146 Å². The molecule has 0 radical (unpaired) electrons. The number of hydrogen-bond donors (Lipinski definition) is 0. The molecular formula is C20H25ClOSi. The molecule has 0 spiro atoms. The average Bonchev–Trinajstić information content (AvgIpc) is 2.47. The lowest BCUT2D eigenvalue weighted by molar-refractivity contribution is 0.460. The highest BCUT2D eigenvalue weighted by Crippen LogP contribution is 2.40. The van der Waals surface area contributed by atoms with Crippen molar-refractivity contribution in [2.24, 2.45) is 0 Å². The maximum atomic E-state index is 6.59. The lowest BCUT2D eigenvalue weighted by atomic mass is 10.1. The van der Waals surface area contributed by atoms with Crippen LogP contribution in [0, 0.1) is 0 Å². The van der Waals surface area contributed by atoms with Crippen molar-refractivity contribution < 1.29 is 4.43 Å². The maximum absolute atomic E-state index is 6.59. The summed E-state index contributed by atoms with van der Waals surface area (Å²) < 4.78 is 6.59. The Morgan fingerprint density at radius 3 is 2.04 bits per heavy atom. The van der Waals surface area contributed by atoms with Gasteiger partial charge in [0.05, 0.1) is 0 Å². The molecule has 2 rings (SSSR count). The second-order valence-electron chi connectivity index (χ2n) is 7.29. The fourth-order valence-corrected chi connectivity index (χ4v) is 3.07. The van der Waals surface area contributed by atoms with E-state index in [1.54, 1.807) is 0 Å². The van der Waals surface area contributed by atoms with Crippen LogP contribution >= 0.6 is 11.6 Å². The standard InChI is InChI=1S/C20H25ClOSi/c1-20(2,3)23(4,5)22-19(15-16-9-7-6-8-10-16)17-11-13-18(21)14-12-17/h6-15H,1-5H3/b19-15-. The first-order valence-corrected chi connectivity index (χ1v) is 11.2. The molecule has 0 aromatic heterocycles. The minimum atomic E-state index is -1.92. The highest BCUT2D eigenvalue weighted by Gasteiger charge is 2.39. The minimum absolute atomic E-state index is 0.148. The van der Waals surface area contributed by atoms with E-state index in [0.29, 0.717) is 0 Å². The van der Waals surface area contributed by atoms with Crippen molar-refractivity contribution in [1.29, 1.82) is 0 Å². The maximum Gasteiger partial charge on any atom is 0.250 e. The lowest BCUT2D eigenvalue weighted by Crippen LogP contribution is -2.40. The number of rotatable bonds is 4. The van der Waals surface area contributed by atoms with Crippen LogP contribution in [0.2, 0.25) is 23.2 Å². The smallest absolute Gasteiger partial charge is 0.250 e. The van der Waals surface area contributed by atoms with Crippen molar-refractivity contribution in [3.8, 4) is 0 Å². The quantitative estimate of drug-likeness (QED) is 0.334. The van der Waals surface area contributed by atoms with Crippen LogP contribution in [0.15, 0.2) is 54.6 Å². The molecule has 0 aliphatic heterocycles. The van der Waals surface area contributed by atoms with Gasteiger partial charge in [-0.2, -0.15) is 0 Å². The van der Waals surface area contributed by atoms with Crippen LogP contribution in [-0.4, -0.2) is 8.32 Å². The third-order valence-corrected chi connectivity index (χ3v) is 8.99. The fourth-order valence-electron chi connectivity index (χ4n) is 1.91. The van der Waals surface area contributed by atoms with Gasteiger partial charge in [-0.05, 0) is 54.0 Å². The van der Waals surface area contributed by atoms with Crippen LogP contribution in [0.1, 0.15) is 31.9 Å². The molecule has 0 saturated carbocycles. The normalized spacial score (nSPS) is 13.0. The van der Waals surface area contributed by atoms with Crippen molar-refractivity contribution in [3.05, 3.63) is 70.7 Å². The van der Waals surface area contributed by atoms with Crippen LogP contribution in [0.5, 0.6) is 0 Å². The molecule has 2 aromatic rings. The number of halogens is 1. The molecule has 0 unspecified atom stereocenters. The summed E-state index contributed by atoms with van der Waals surface area (Å²) in [6.07, 6.45) is 2.11. The van der Waals surface area contributed by atoms with E-state index < -0.39 is 8.32 Å². The van der Waals surface area contributed by atoms with Gasteiger partial charge in [0.25, 0.3) is 8.32 Å². The Balaban J connectivity index is 2.44. The Morgan fingerprint density at radius 1 is 0.957 bits per heavy atom. The first kappa shape index (κ1) is 17.8. The van der Waals surface area contributed by atoms with E-state index >= 15 is 0 Å². The zero-order chi connectivity index (χ0) is 17.1. The van der Waals surface area contributed by atoms with Gasteiger partial charge in [0.2, 0.25) is 0 Å². The van der Waals surface area contributed by atoms with Crippen LogP contribution in [-0.2, 0) is 4.43 Å². The first-order valence-electron chi connectivity index (χ1n) is 7.91. The summed E-state index contributed by atoms with van der Waals surface area (Å²) in [7, 11) is -1.92. The molecule has 0 aliphatic carbocycles. The molecule has 0 N–H and O–H groups in total. The summed E-state index contributed by atoms with van der Waals surface area (Å²) in [4.78, 5) is 0. The van der Waals surface area contributed by atoms with E-state index in [2.05, 4.69) is 52.1 Å². The van der Waals surface area contributed by atoms with Gasteiger partial charge in [-0.25, -0.2) is 0 Å². The largest absolute Gasteiger partial charge is 0.543 e. The average molecular weight is 345 g/mol. The molecule has 0 saturated heterocycles. The molecule has 0 amide bonds. The molecule has 0 fully saturated rings. The van der Waals surface area contributed by atoms with Crippen LogP contribution in [0.3, 0.4) is 0 Å². The van der Waals surface area contributed by atoms with E-state index in [4.69, 9.17) is 16.0 Å². The van der Waals surface area contributed by atoms with Crippen LogP contribution < -0.4 is 0 Å². The Kier molecular flexibility index (Phi) is 5.38. The molecule has 0 bridgehead atoms. The SMILES string of the molecule is CC(C)(C)[Si](C)(C)O/C(=C\c1ccccc1)c1ccc(Cl)cc1. The van der Waals surface area contributed by atoms with Crippen molar-refractivity contribution >= 4 is 31.8 Å². The third-order valence-electron chi connectivity index (χ3n) is 4.40. The fraction of sp³-hybridized carbons (Fsp3) is 0.300. The highest BCUT2D eigenvalue weighted by molar-refractivity contribution is 6.74. The van der Waals surface area contributed by atoms with Crippen molar-refractivity contribution in [2.45, 2.75) is 38.9 Å².